The van der Waals surface area contributed by atoms with Gasteiger partial charge >= 0.3 is 0 Å². The van der Waals surface area contributed by atoms with Crippen molar-refractivity contribution in [2.75, 3.05) is 0 Å². The largest absolute Gasteiger partial charge is 0.207 e. The molecule has 0 aliphatic rings. The first-order valence-electron chi connectivity index (χ1n) is 5.31. The number of hydrogen-bond acceptors (Lipinski definition) is 2. The van der Waals surface area contributed by atoms with Gasteiger partial charge in [-0.2, -0.15) is 10.2 Å². The smallest absolute Gasteiger partial charge is 0.123 e. The molecule has 0 N–H and O–H groups in total. The predicted molar refractivity (Wildman–Crippen MR) is 68.0 cm³/mol. The van der Waals surface area contributed by atoms with Crippen molar-refractivity contribution >= 4 is 12.4 Å². The highest BCUT2D eigenvalue weighted by Crippen LogP contribution is 2.02. The molecule has 2 aromatic carbocycles. The normalized spacial score (nSPS) is 11.4. The highest BCUT2D eigenvalue weighted by Gasteiger charge is 1.91. The van der Waals surface area contributed by atoms with Gasteiger partial charge in [0.1, 0.15) is 11.6 Å². The Hall–Kier alpha value is -2.36. The highest BCUT2D eigenvalue weighted by atomic mass is 19.1. The van der Waals surface area contributed by atoms with Gasteiger partial charge in [0.25, 0.3) is 0 Å². The molecule has 0 aliphatic heterocycles. The summed E-state index contributed by atoms with van der Waals surface area (Å²) in [6.07, 6.45) is 2.86. The van der Waals surface area contributed by atoms with Crippen molar-refractivity contribution in [1.29, 1.82) is 0 Å². The van der Waals surface area contributed by atoms with E-state index in [1.54, 1.807) is 24.3 Å². The maximum Gasteiger partial charge on any atom is 0.123 e. The zero-order valence-corrected chi connectivity index (χ0v) is 9.42. The lowest BCUT2D eigenvalue weighted by atomic mass is 10.2. The fourth-order valence-electron chi connectivity index (χ4n) is 1.37. The van der Waals surface area contributed by atoms with Gasteiger partial charge in [0.15, 0.2) is 0 Å². The van der Waals surface area contributed by atoms with E-state index < -0.39 is 0 Å². The third kappa shape index (κ3) is 3.59. The van der Waals surface area contributed by atoms with Crippen molar-refractivity contribution < 1.29 is 8.78 Å². The van der Waals surface area contributed by atoms with Crippen LogP contribution < -0.4 is 0 Å². The number of rotatable bonds is 3. The van der Waals surface area contributed by atoms with Crippen LogP contribution in [0, 0.1) is 11.6 Å². The van der Waals surface area contributed by atoms with Gasteiger partial charge in [-0.3, -0.25) is 0 Å². The SMILES string of the molecule is Fc1cccc(C=NN=Cc2cccc(F)c2)c1. The second-order valence-corrected chi connectivity index (χ2v) is 3.60. The molecule has 4 heteroatoms. The van der Waals surface area contributed by atoms with Gasteiger partial charge < -0.3 is 0 Å². The Morgan fingerprint density at radius 3 is 1.56 bits per heavy atom. The van der Waals surface area contributed by atoms with E-state index in [9.17, 15) is 8.78 Å². The topological polar surface area (TPSA) is 24.7 Å². The van der Waals surface area contributed by atoms with E-state index in [2.05, 4.69) is 10.2 Å². The predicted octanol–water partition coefficient (Wildman–Crippen LogP) is 3.42. The Bertz CT molecular complexity index is 538. The van der Waals surface area contributed by atoms with Crippen molar-refractivity contribution in [2.45, 2.75) is 0 Å². The van der Waals surface area contributed by atoms with Gasteiger partial charge in [-0.25, -0.2) is 8.78 Å². The average Bonchev–Trinajstić information content (AvgIpc) is 2.35. The van der Waals surface area contributed by atoms with E-state index in [1.165, 1.54) is 36.7 Å². The average molecular weight is 244 g/mol. The molecule has 2 rings (SSSR count). The molecule has 0 heterocycles. The quantitative estimate of drug-likeness (QED) is 0.584. The van der Waals surface area contributed by atoms with Gasteiger partial charge in [-0.1, -0.05) is 24.3 Å². The molecule has 90 valence electrons. The minimum atomic E-state index is -0.326. The van der Waals surface area contributed by atoms with Crippen molar-refractivity contribution in [3.05, 3.63) is 71.3 Å². The van der Waals surface area contributed by atoms with Crippen molar-refractivity contribution in [1.82, 2.24) is 0 Å². The number of benzene rings is 2. The molecule has 0 radical (unpaired) electrons. The first-order valence-corrected chi connectivity index (χ1v) is 5.31. The summed E-state index contributed by atoms with van der Waals surface area (Å²) < 4.78 is 25.7. The maximum absolute atomic E-state index is 12.8. The minimum Gasteiger partial charge on any atom is -0.207 e. The van der Waals surface area contributed by atoms with E-state index in [0.29, 0.717) is 11.1 Å². The van der Waals surface area contributed by atoms with Crippen LogP contribution in [-0.4, -0.2) is 12.4 Å². The monoisotopic (exact) mass is 244 g/mol. The fourth-order valence-corrected chi connectivity index (χ4v) is 1.37. The molecule has 0 unspecified atom stereocenters. The molecule has 0 aromatic heterocycles. The molecule has 0 bridgehead atoms. The minimum absolute atomic E-state index is 0.326. The van der Waals surface area contributed by atoms with Crippen molar-refractivity contribution in [3.8, 4) is 0 Å². The van der Waals surface area contributed by atoms with E-state index in [0.717, 1.165) is 0 Å². The summed E-state index contributed by atoms with van der Waals surface area (Å²) in [5.41, 5.74) is 1.23. The maximum atomic E-state index is 12.8. The number of hydrogen-bond donors (Lipinski definition) is 0. The Morgan fingerprint density at radius 2 is 1.17 bits per heavy atom. The highest BCUT2D eigenvalue weighted by molar-refractivity contribution is 5.82. The Kier molecular flexibility index (Phi) is 3.91. The van der Waals surface area contributed by atoms with Gasteiger partial charge in [-0.15, -0.1) is 0 Å². The summed E-state index contributed by atoms with van der Waals surface area (Å²) >= 11 is 0. The molecular weight excluding hydrogens is 234 g/mol. The number of halogens is 2. The lowest BCUT2D eigenvalue weighted by Crippen LogP contribution is -1.83. The van der Waals surface area contributed by atoms with Crippen LogP contribution in [0.3, 0.4) is 0 Å². The van der Waals surface area contributed by atoms with Gasteiger partial charge in [0.05, 0.1) is 12.4 Å². The second kappa shape index (κ2) is 5.82. The third-order valence-corrected chi connectivity index (χ3v) is 2.18. The van der Waals surface area contributed by atoms with Crippen LogP contribution in [0.1, 0.15) is 11.1 Å². The van der Waals surface area contributed by atoms with Gasteiger partial charge in [0.2, 0.25) is 0 Å². The fraction of sp³-hybridized carbons (Fsp3) is 0. The molecule has 0 saturated heterocycles. The van der Waals surface area contributed by atoms with E-state index in [-0.39, 0.29) is 11.6 Å². The first-order chi connectivity index (χ1) is 8.74. The van der Waals surface area contributed by atoms with Crippen LogP contribution in [0.15, 0.2) is 58.7 Å². The van der Waals surface area contributed by atoms with Gasteiger partial charge in [0, 0.05) is 0 Å². The molecule has 2 aromatic rings. The van der Waals surface area contributed by atoms with Crippen LogP contribution >= 0.6 is 0 Å². The van der Waals surface area contributed by atoms with Crippen LogP contribution in [0.4, 0.5) is 8.78 Å². The Balaban J connectivity index is 2.03. The van der Waals surface area contributed by atoms with Crippen LogP contribution in [0.5, 0.6) is 0 Å². The lowest BCUT2D eigenvalue weighted by molar-refractivity contribution is 0.627. The molecule has 0 fully saturated rings. The molecule has 0 amide bonds. The van der Waals surface area contributed by atoms with Crippen LogP contribution in [0.25, 0.3) is 0 Å². The zero-order valence-electron chi connectivity index (χ0n) is 9.42. The lowest BCUT2D eigenvalue weighted by Gasteiger charge is -1.91. The molecular formula is C14H10F2N2. The van der Waals surface area contributed by atoms with E-state index >= 15 is 0 Å². The summed E-state index contributed by atoms with van der Waals surface area (Å²) in [5.74, 6) is -0.652. The summed E-state index contributed by atoms with van der Waals surface area (Å²) in [5, 5.41) is 7.53. The third-order valence-electron chi connectivity index (χ3n) is 2.18. The molecule has 0 aliphatic carbocycles. The summed E-state index contributed by atoms with van der Waals surface area (Å²) in [7, 11) is 0. The zero-order chi connectivity index (χ0) is 12.8. The molecule has 2 nitrogen and oxygen atoms in total. The van der Waals surface area contributed by atoms with Crippen LogP contribution in [0.2, 0.25) is 0 Å². The molecule has 0 atom stereocenters. The second-order valence-electron chi connectivity index (χ2n) is 3.60. The molecule has 0 saturated carbocycles. The van der Waals surface area contributed by atoms with Gasteiger partial charge in [-0.05, 0) is 35.4 Å². The standard InChI is InChI=1S/C14H10F2N2/c15-13-5-1-3-11(7-13)9-17-18-10-12-4-2-6-14(16)8-12/h1-10H. The summed E-state index contributed by atoms with van der Waals surface area (Å²) in [6, 6.07) is 12.0. The molecule has 18 heavy (non-hydrogen) atoms. The Morgan fingerprint density at radius 1 is 0.722 bits per heavy atom. The van der Waals surface area contributed by atoms with E-state index in [4.69, 9.17) is 0 Å². The van der Waals surface area contributed by atoms with Crippen molar-refractivity contribution in [2.24, 2.45) is 10.2 Å². The summed E-state index contributed by atoms with van der Waals surface area (Å²) in [4.78, 5) is 0. The van der Waals surface area contributed by atoms with Crippen LogP contribution in [-0.2, 0) is 0 Å². The van der Waals surface area contributed by atoms with E-state index in [1.807, 2.05) is 0 Å². The molecule has 0 spiro atoms. The first kappa shape index (κ1) is 12.1. The number of nitrogens with zero attached hydrogens (tertiary/aromatic N) is 2. The Labute approximate surface area is 103 Å². The summed E-state index contributed by atoms with van der Waals surface area (Å²) in [6.45, 7) is 0. The van der Waals surface area contributed by atoms with Crippen molar-refractivity contribution in [3.63, 3.8) is 0 Å².